The zero-order chi connectivity index (χ0) is 5.28. The number of amides is 1. The van der Waals surface area contributed by atoms with Crippen molar-refractivity contribution in [2.75, 3.05) is 13.2 Å². The molecule has 0 bridgehead atoms. The maximum absolute atomic E-state index is 10.2. The molecule has 1 amide bonds. The van der Waals surface area contributed by atoms with Crippen molar-refractivity contribution in [3.8, 4) is 0 Å². The van der Waals surface area contributed by atoms with Gasteiger partial charge in [-0.15, -0.1) is 0 Å². The van der Waals surface area contributed by atoms with Gasteiger partial charge in [0, 0.05) is 6.54 Å². The van der Waals surface area contributed by atoms with E-state index in [4.69, 9.17) is 5.11 Å². The summed E-state index contributed by atoms with van der Waals surface area (Å²) in [7, 11) is 0. The highest BCUT2D eigenvalue weighted by Gasteiger charge is 2.25. The Morgan fingerprint density at radius 2 is 2.71 bits per heavy atom. The number of aliphatic hydroxyl groups excluding tert-OH is 1. The van der Waals surface area contributed by atoms with Crippen LogP contribution in [0.2, 0.25) is 0 Å². The second-order valence-electron chi connectivity index (χ2n) is 1.62. The lowest BCUT2D eigenvalue weighted by Crippen LogP contribution is -2.50. The predicted octanol–water partition coefficient (Wildman–Crippen LogP) is -1.28. The minimum atomic E-state index is -0.111. The normalized spacial score (nSPS) is 28.7. The van der Waals surface area contributed by atoms with E-state index >= 15 is 0 Å². The molecule has 1 unspecified atom stereocenters. The Morgan fingerprint density at radius 3 is 2.71 bits per heavy atom. The van der Waals surface area contributed by atoms with E-state index in [9.17, 15) is 4.79 Å². The van der Waals surface area contributed by atoms with Crippen LogP contribution in [0.5, 0.6) is 0 Å². The van der Waals surface area contributed by atoms with E-state index in [1.54, 1.807) is 0 Å². The zero-order valence-corrected chi connectivity index (χ0v) is 3.85. The number of rotatable bonds is 1. The summed E-state index contributed by atoms with van der Waals surface area (Å²) >= 11 is 0. The summed E-state index contributed by atoms with van der Waals surface area (Å²) in [4.78, 5) is 10.2. The minimum absolute atomic E-state index is 0.00810. The summed E-state index contributed by atoms with van der Waals surface area (Å²) in [5, 5.41) is 10.8. The molecule has 0 spiro atoms. The van der Waals surface area contributed by atoms with E-state index in [1.807, 2.05) is 0 Å². The molecule has 7 heavy (non-hydrogen) atoms. The second kappa shape index (κ2) is 1.50. The maximum atomic E-state index is 10.2. The van der Waals surface area contributed by atoms with Crippen molar-refractivity contribution in [1.82, 2.24) is 5.32 Å². The van der Waals surface area contributed by atoms with E-state index in [0.717, 1.165) is 0 Å². The van der Waals surface area contributed by atoms with Crippen LogP contribution in [0.3, 0.4) is 0 Å². The van der Waals surface area contributed by atoms with Gasteiger partial charge in [0.2, 0.25) is 5.91 Å². The van der Waals surface area contributed by atoms with Crippen LogP contribution in [0, 0.1) is 5.92 Å². The van der Waals surface area contributed by atoms with Crippen molar-refractivity contribution in [2.45, 2.75) is 0 Å². The summed E-state index contributed by atoms with van der Waals surface area (Å²) < 4.78 is 0. The van der Waals surface area contributed by atoms with Crippen LogP contribution in [-0.4, -0.2) is 24.2 Å². The molecule has 0 aromatic heterocycles. The van der Waals surface area contributed by atoms with Crippen molar-refractivity contribution < 1.29 is 9.90 Å². The fourth-order valence-electron chi connectivity index (χ4n) is 0.477. The van der Waals surface area contributed by atoms with Crippen molar-refractivity contribution in [2.24, 2.45) is 5.92 Å². The Hall–Kier alpha value is -0.570. The number of hydrogen-bond donors (Lipinski definition) is 2. The lowest BCUT2D eigenvalue weighted by Gasteiger charge is -2.22. The molecule has 2 N–H and O–H groups in total. The first-order valence-electron chi connectivity index (χ1n) is 2.23. The molecule has 1 aliphatic heterocycles. The summed E-state index contributed by atoms with van der Waals surface area (Å²) in [6, 6.07) is 0. The van der Waals surface area contributed by atoms with E-state index < -0.39 is 0 Å². The molecule has 0 saturated carbocycles. The Labute approximate surface area is 41.3 Å². The topological polar surface area (TPSA) is 49.3 Å². The number of carbonyl (C=O) groups excluding carboxylic acids is 1. The van der Waals surface area contributed by atoms with Crippen LogP contribution >= 0.6 is 0 Å². The molecule has 1 aliphatic rings. The third kappa shape index (κ3) is 0.587. The third-order valence-corrected chi connectivity index (χ3v) is 1.11. The fraction of sp³-hybridized carbons (Fsp3) is 0.750. The Kier molecular flexibility index (Phi) is 0.982. The highest BCUT2D eigenvalue weighted by molar-refractivity contribution is 5.84. The van der Waals surface area contributed by atoms with Gasteiger partial charge in [-0.2, -0.15) is 0 Å². The average molecular weight is 101 g/mol. The molecule has 1 fully saturated rings. The lowest BCUT2D eigenvalue weighted by atomic mass is 10.0. The molecule has 3 nitrogen and oxygen atoms in total. The number of nitrogens with one attached hydrogen (secondary N) is 1. The molecule has 1 rings (SSSR count). The monoisotopic (exact) mass is 101 g/mol. The Bertz CT molecular complexity index is 89.7. The van der Waals surface area contributed by atoms with Gasteiger partial charge < -0.3 is 10.4 Å². The second-order valence-corrected chi connectivity index (χ2v) is 1.62. The van der Waals surface area contributed by atoms with Crippen LogP contribution in [-0.2, 0) is 4.79 Å². The first-order valence-corrected chi connectivity index (χ1v) is 2.23. The van der Waals surface area contributed by atoms with Gasteiger partial charge in [-0.1, -0.05) is 0 Å². The minimum Gasteiger partial charge on any atom is -0.395 e. The van der Waals surface area contributed by atoms with Crippen LogP contribution < -0.4 is 5.32 Å². The maximum Gasteiger partial charge on any atom is 0.227 e. The smallest absolute Gasteiger partial charge is 0.227 e. The van der Waals surface area contributed by atoms with Gasteiger partial charge in [0.1, 0.15) is 0 Å². The lowest BCUT2D eigenvalue weighted by molar-refractivity contribution is -0.132. The van der Waals surface area contributed by atoms with Gasteiger partial charge in [0.15, 0.2) is 0 Å². The SMILES string of the molecule is O=C1NCC1CO. The molecule has 1 saturated heterocycles. The molecule has 0 aromatic carbocycles. The molecule has 1 atom stereocenters. The van der Waals surface area contributed by atoms with Crippen molar-refractivity contribution in [1.29, 1.82) is 0 Å². The zero-order valence-electron chi connectivity index (χ0n) is 3.85. The van der Waals surface area contributed by atoms with E-state index in [-0.39, 0.29) is 18.4 Å². The standard InChI is InChI=1S/C4H7NO2/c6-2-3-1-5-4(3)7/h3,6H,1-2H2,(H,5,7). The quantitative estimate of drug-likeness (QED) is 0.404. The molecule has 0 aliphatic carbocycles. The van der Waals surface area contributed by atoms with Gasteiger partial charge in [0.25, 0.3) is 0 Å². The van der Waals surface area contributed by atoms with E-state index in [1.165, 1.54) is 0 Å². The third-order valence-electron chi connectivity index (χ3n) is 1.11. The predicted molar refractivity (Wildman–Crippen MR) is 23.6 cm³/mol. The van der Waals surface area contributed by atoms with Gasteiger partial charge in [-0.3, -0.25) is 4.79 Å². The number of carbonyl (C=O) groups is 1. The molecule has 1 heterocycles. The van der Waals surface area contributed by atoms with E-state index in [2.05, 4.69) is 5.32 Å². The van der Waals surface area contributed by atoms with Gasteiger partial charge in [0.05, 0.1) is 12.5 Å². The fourth-order valence-corrected chi connectivity index (χ4v) is 0.477. The van der Waals surface area contributed by atoms with Gasteiger partial charge in [-0.25, -0.2) is 0 Å². The molecule has 0 radical (unpaired) electrons. The van der Waals surface area contributed by atoms with Gasteiger partial charge >= 0.3 is 0 Å². The van der Waals surface area contributed by atoms with Crippen molar-refractivity contribution >= 4 is 5.91 Å². The van der Waals surface area contributed by atoms with Crippen molar-refractivity contribution in [3.63, 3.8) is 0 Å². The first kappa shape index (κ1) is 4.59. The molecule has 40 valence electrons. The summed E-state index contributed by atoms with van der Waals surface area (Å²) in [6.07, 6.45) is 0. The van der Waals surface area contributed by atoms with Crippen LogP contribution in [0.15, 0.2) is 0 Å². The Morgan fingerprint density at radius 1 is 2.00 bits per heavy atom. The number of hydrogen-bond acceptors (Lipinski definition) is 2. The summed E-state index contributed by atoms with van der Waals surface area (Å²) in [5.41, 5.74) is 0. The van der Waals surface area contributed by atoms with Crippen LogP contribution in [0.25, 0.3) is 0 Å². The summed E-state index contributed by atoms with van der Waals surface area (Å²) in [6.45, 7) is 0.640. The van der Waals surface area contributed by atoms with Gasteiger partial charge in [-0.05, 0) is 0 Å². The number of aliphatic hydroxyl groups is 1. The molecule has 3 heteroatoms. The molecular formula is C4H7NO2. The van der Waals surface area contributed by atoms with E-state index in [0.29, 0.717) is 6.54 Å². The summed E-state index contributed by atoms with van der Waals surface area (Å²) in [5.74, 6) is -0.137. The number of β-lactam (4-membered cyclic amide) rings is 1. The first-order chi connectivity index (χ1) is 3.34. The molecule has 0 aromatic rings. The average Bonchev–Trinajstić information content (AvgIpc) is 1.65. The largest absolute Gasteiger partial charge is 0.395 e. The molecular weight excluding hydrogens is 94.0 g/mol. The van der Waals surface area contributed by atoms with Crippen LogP contribution in [0.4, 0.5) is 0 Å². The van der Waals surface area contributed by atoms with Crippen molar-refractivity contribution in [3.05, 3.63) is 0 Å². The highest BCUT2D eigenvalue weighted by atomic mass is 16.3. The Balaban J connectivity index is 2.29. The highest BCUT2D eigenvalue weighted by Crippen LogP contribution is 2.01. The van der Waals surface area contributed by atoms with Crippen LogP contribution in [0.1, 0.15) is 0 Å².